The monoisotopic (exact) mass is 408 g/mol. The molecule has 1 aliphatic rings. The van der Waals surface area contributed by atoms with Gasteiger partial charge >= 0.3 is 0 Å². The average molecular weight is 409 g/mol. The van der Waals surface area contributed by atoms with Gasteiger partial charge in [-0.1, -0.05) is 35.9 Å². The summed E-state index contributed by atoms with van der Waals surface area (Å²) in [5, 5.41) is 2.97. The average Bonchev–Trinajstić information content (AvgIpc) is 2.69. The predicted octanol–water partition coefficient (Wildman–Crippen LogP) is 3.72. The van der Waals surface area contributed by atoms with Crippen molar-refractivity contribution >= 4 is 29.3 Å². The number of nitrogens with zero attached hydrogens (tertiary/aromatic N) is 1. The van der Waals surface area contributed by atoms with Crippen molar-refractivity contribution in [1.82, 2.24) is 10.2 Å². The van der Waals surface area contributed by atoms with Crippen molar-refractivity contribution in [2.75, 3.05) is 32.1 Å². The number of amides is 1. The zero-order valence-corrected chi connectivity index (χ0v) is 16.5. The number of ether oxygens (including phenoxy) is 1. The lowest BCUT2D eigenvalue weighted by Crippen LogP contribution is -2.35. The van der Waals surface area contributed by atoms with Crippen LogP contribution in [-0.4, -0.2) is 42.9 Å². The first-order valence-corrected chi connectivity index (χ1v) is 10.2. The second-order valence-electron chi connectivity index (χ2n) is 6.35. The van der Waals surface area contributed by atoms with Crippen molar-refractivity contribution in [1.29, 1.82) is 0 Å². The smallest absolute Gasteiger partial charge is 0.230 e. The number of thioether (sulfide) groups is 1. The Kier molecular flexibility index (Phi) is 7.52. The van der Waals surface area contributed by atoms with Crippen LogP contribution < -0.4 is 5.32 Å². The summed E-state index contributed by atoms with van der Waals surface area (Å²) >= 11 is 7.08. The topological polar surface area (TPSA) is 41.6 Å². The number of halogens is 2. The van der Waals surface area contributed by atoms with Crippen LogP contribution >= 0.6 is 23.4 Å². The fourth-order valence-electron chi connectivity index (χ4n) is 2.75. The molecule has 1 amide bonds. The van der Waals surface area contributed by atoms with Crippen LogP contribution in [0.5, 0.6) is 0 Å². The van der Waals surface area contributed by atoms with Crippen molar-refractivity contribution in [3.8, 4) is 0 Å². The Morgan fingerprint density at radius 3 is 2.56 bits per heavy atom. The first-order valence-electron chi connectivity index (χ1n) is 8.82. The number of hydrogen-bond acceptors (Lipinski definition) is 4. The quantitative estimate of drug-likeness (QED) is 0.709. The standard InChI is InChI=1S/C20H22ClFN2O2S/c21-18-11-17(5-6-19(18)22)27-14-20(25)23-12-15-1-3-16(4-2-15)13-24-7-9-26-10-8-24/h1-6,11H,7-10,12-14H2,(H,23,25). The molecular weight excluding hydrogens is 387 g/mol. The third kappa shape index (κ3) is 6.50. The number of nitrogens with one attached hydrogen (secondary N) is 1. The summed E-state index contributed by atoms with van der Waals surface area (Å²) in [5.41, 5.74) is 2.32. The second-order valence-corrected chi connectivity index (χ2v) is 7.80. The largest absolute Gasteiger partial charge is 0.379 e. The highest BCUT2D eigenvalue weighted by atomic mass is 35.5. The minimum atomic E-state index is -0.456. The van der Waals surface area contributed by atoms with E-state index in [9.17, 15) is 9.18 Å². The van der Waals surface area contributed by atoms with Gasteiger partial charge in [0.2, 0.25) is 5.91 Å². The summed E-state index contributed by atoms with van der Waals surface area (Å²) in [7, 11) is 0. The van der Waals surface area contributed by atoms with E-state index >= 15 is 0 Å². The van der Waals surface area contributed by atoms with Gasteiger partial charge < -0.3 is 10.1 Å². The van der Waals surface area contributed by atoms with Crippen LogP contribution in [0.4, 0.5) is 4.39 Å². The fourth-order valence-corrected chi connectivity index (χ4v) is 3.76. The van der Waals surface area contributed by atoms with E-state index in [2.05, 4.69) is 22.3 Å². The molecule has 2 aromatic rings. The van der Waals surface area contributed by atoms with Gasteiger partial charge in [0.1, 0.15) is 5.82 Å². The SMILES string of the molecule is O=C(CSc1ccc(F)c(Cl)c1)NCc1ccc(CN2CCOCC2)cc1. The molecule has 0 unspecified atom stereocenters. The third-order valence-corrected chi connectivity index (χ3v) is 5.57. The summed E-state index contributed by atoms with van der Waals surface area (Å²) in [6.07, 6.45) is 0. The highest BCUT2D eigenvalue weighted by molar-refractivity contribution is 8.00. The number of benzene rings is 2. The van der Waals surface area contributed by atoms with Gasteiger partial charge in [0, 0.05) is 31.1 Å². The molecule has 0 atom stereocenters. The molecule has 0 bridgehead atoms. The minimum Gasteiger partial charge on any atom is -0.379 e. The molecule has 0 radical (unpaired) electrons. The molecular formula is C20H22ClFN2O2S. The molecule has 27 heavy (non-hydrogen) atoms. The third-order valence-electron chi connectivity index (χ3n) is 4.28. The van der Waals surface area contributed by atoms with Crippen LogP contribution in [0.25, 0.3) is 0 Å². The molecule has 7 heteroatoms. The van der Waals surface area contributed by atoms with Gasteiger partial charge in [-0.15, -0.1) is 11.8 Å². The van der Waals surface area contributed by atoms with Crippen molar-refractivity contribution in [3.63, 3.8) is 0 Å². The van der Waals surface area contributed by atoms with E-state index in [1.807, 2.05) is 12.1 Å². The van der Waals surface area contributed by atoms with Crippen molar-refractivity contribution < 1.29 is 13.9 Å². The van der Waals surface area contributed by atoms with Gasteiger partial charge in [0.15, 0.2) is 0 Å². The molecule has 0 saturated carbocycles. The zero-order valence-electron chi connectivity index (χ0n) is 14.9. The number of morpholine rings is 1. The Balaban J connectivity index is 1.41. The molecule has 0 aliphatic carbocycles. The number of carbonyl (C=O) groups excluding carboxylic acids is 1. The van der Waals surface area contributed by atoms with E-state index in [-0.39, 0.29) is 16.7 Å². The van der Waals surface area contributed by atoms with Crippen LogP contribution in [-0.2, 0) is 22.6 Å². The first-order chi connectivity index (χ1) is 13.1. The molecule has 1 N–H and O–H groups in total. The maximum atomic E-state index is 13.1. The van der Waals surface area contributed by atoms with Crippen molar-refractivity contribution in [3.05, 3.63) is 64.4 Å². The van der Waals surface area contributed by atoms with Crippen LogP contribution in [0.2, 0.25) is 5.02 Å². The van der Waals surface area contributed by atoms with Gasteiger partial charge in [0.25, 0.3) is 0 Å². The Bertz CT molecular complexity index is 767. The van der Waals surface area contributed by atoms with Gasteiger partial charge in [0.05, 0.1) is 24.0 Å². The lowest BCUT2D eigenvalue weighted by molar-refractivity contribution is -0.118. The second kappa shape index (κ2) is 10.1. The Labute approximate surface area is 168 Å². The van der Waals surface area contributed by atoms with Gasteiger partial charge in [-0.05, 0) is 29.3 Å². The van der Waals surface area contributed by atoms with Crippen LogP contribution in [0.1, 0.15) is 11.1 Å². The zero-order chi connectivity index (χ0) is 19.1. The van der Waals surface area contributed by atoms with Gasteiger partial charge in [-0.3, -0.25) is 9.69 Å². The summed E-state index contributed by atoms with van der Waals surface area (Å²) in [4.78, 5) is 15.2. The van der Waals surface area contributed by atoms with E-state index in [4.69, 9.17) is 16.3 Å². The van der Waals surface area contributed by atoms with Crippen molar-refractivity contribution in [2.45, 2.75) is 18.0 Å². The number of rotatable bonds is 7. The van der Waals surface area contributed by atoms with E-state index in [1.54, 1.807) is 6.07 Å². The lowest BCUT2D eigenvalue weighted by Gasteiger charge is -2.26. The molecule has 144 valence electrons. The Morgan fingerprint density at radius 1 is 1.15 bits per heavy atom. The molecule has 1 aliphatic heterocycles. The molecule has 0 spiro atoms. The molecule has 4 nitrogen and oxygen atoms in total. The lowest BCUT2D eigenvalue weighted by atomic mass is 10.1. The maximum absolute atomic E-state index is 13.1. The Morgan fingerprint density at radius 2 is 1.85 bits per heavy atom. The van der Waals surface area contributed by atoms with Gasteiger partial charge in [-0.25, -0.2) is 4.39 Å². The van der Waals surface area contributed by atoms with Crippen LogP contribution in [0, 0.1) is 5.82 Å². The van der Waals surface area contributed by atoms with Crippen molar-refractivity contribution in [2.24, 2.45) is 0 Å². The minimum absolute atomic E-state index is 0.0672. The summed E-state index contributed by atoms with van der Waals surface area (Å²) in [6.45, 7) is 4.94. The Hall–Kier alpha value is -1.60. The molecule has 2 aromatic carbocycles. The van der Waals surface area contributed by atoms with E-state index in [0.717, 1.165) is 43.3 Å². The van der Waals surface area contributed by atoms with Crippen LogP contribution in [0.15, 0.2) is 47.4 Å². The molecule has 3 rings (SSSR count). The molecule has 1 fully saturated rings. The number of hydrogen-bond donors (Lipinski definition) is 1. The molecule has 0 aromatic heterocycles. The highest BCUT2D eigenvalue weighted by Gasteiger charge is 2.10. The molecule has 1 heterocycles. The fraction of sp³-hybridized carbons (Fsp3) is 0.350. The summed E-state index contributed by atoms with van der Waals surface area (Å²) in [5.74, 6) is -0.266. The summed E-state index contributed by atoms with van der Waals surface area (Å²) < 4.78 is 18.5. The van der Waals surface area contributed by atoms with E-state index < -0.39 is 5.82 Å². The van der Waals surface area contributed by atoms with E-state index in [0.29, 0.717) is 6.54 Å². The molecule has 1 saturated heterocycles. The first kappa shape index (κ1) is 20.1. The summed E-state index contributed by atoms with van der Waals surface area (Å²) in [6, 6.07) is 12.7. The van der Waals surface area contributed by atoms with Crippen LogP contribution in [0.3, 0.4) is 0 Å². The van der Waals surface area contributed by atoms with Gasteiger partial charge in [-0.2, -0.15) is 0 Å². The normalized spacial score (nSPS) is 14.9. The van der Waals surface area contributed by atoms with E-state index in [1.165, 1.54) is 29.5 Å². The maximum Gasteiger partial charge on any atom is 0.230 e. The number of carbonyl (C=O) groups is 1. The predicted molar refractivity (Wildman–Crippen MR) is 107 cm³/mol. The highest BCUT2D eigenvalue weighted by Crippen LogP contribution is 2.23.